The number of imidazole rings is 1. The first kappa shape index (κ1) is 11.7. The fourth-order valence-electron chi connectivity index (χ4n) is 2.62. The van der Waals surface area contributed by atoms with Crippen LogP contribution in [-0.2, 0) is 0 Å². The molecule has 2 heterocycles. The van der Waals surface area contributed by atoms with Crippen LogP contribution in [0.25, 0.3) is 16.9 Å². The molecule has 2 aromatic heterocycles. The van der Waals surface area contributed by atoms with Gasteiger partial charge in [-0.25, -0.2) is 4.98 Å². The Balaban J connectivity index is 2.47. The second-order valence-electron chi connectivity index (χ2n) is 4.84. The Morgan fingerprint density at radius 3 is 2.42 bits per heavy atom. The molecule has 3 rings (SSSR count). The number of aromatic nitrogens is 3. The second kappa shape index (κ2) is 4.09. The highest BCUT2D eigenvalue weighted by Crippen LogP contribution is 2.18. The molecule has 96 valence electrons. The number of para-hydroxylation sites is 1. The van der Waals surface area contributed by atoms with E-state index < -0.39 is 0 Å². The summed E-state index contributed by atoms with van der Waals surface area (Å²) in [5.41, 5.74) is 5.46. The lowest BCUT2D eigenvalue weighted by atomic mass is 10.1. The molecule has 0 unspecified atom stereocenters. The van der Waals surface area contributed by atoms with Crippen LogP contribution in [0.5, 0.6) is 0 Å². The fraction of sp³-hybridized carbons (Fsp3) is 0.200. The zero-order valence-electron chi connectivity index (χ0n) is 11.4. The number of nitrogens with zero attached hydrogens (tertiary/aromatic N) is 3. The lowest BCUT2D eigenvalue weighted by molar-refractivity contribution is -0.576. The van der Waals surface area contributed by atoms with Crippen molar-refractivity contribution in [2.45, 2.75) is 20.8 Å². The Kier molecular flexibility index (Phi) is 2.52. The minimum atomic E-state index is 0.794. The summed E-state index contributed by atoms with van der Waals surface area (Å²) in [6, 6.07) is 10.3. The van der Waals surface area contributed by atoms with Crippen LogP contribution in [0, 0.1) is 20.8 Å². The van der Waals surface area contributed by atoms with Crippen LogP contribution in [0.3, 0.4) is 0 Å². The molecular weight excluding hydrogens is 236 g/mol. The summed E-state index contributed by atoms with van der Waals surface area (Å²) in [5.74, 6) is 7.07. The van der Waals surface area contributed by atoms with Crippen LogP contribution in [-0.4, -0.2) is 9.66 Å². The van der Waals surface area contributed by atoms with E-state index in [0.29, 0.717) is 0 Å². The predicted octanol–water partition coefficient (Wildman–Crippen LogP) is 1.95. The number of rotatable bonds is 1. The highest BCUT2D eigenvalue weighted by atomic mass is 15.4. The topological polar surface area (TPSA) is 47.7 Å². The number of hydrogen-bond acceptors (Lipinski definition) is 2. The SMILES string of the molecule is Cc1cccc(C)c1-[n+]1c(C)n(N)c2ncccc21. The molecular formula is C15H17N4+. The molecule has 0 aliphatic rings. The molecule has 3 aromatic rings. The molecule has 0 amide bonds. The number of fused-ring (bicyclic) bond motifs is 1. The molecule has 0 bridgehead atoms. The molecule has 2 N–H and O–H groups in total. The summed E-state index contributed by atoms with van der Waals surface area (Å²) < 4.78 is 3.81. The average Bonchev–Trinajstić information content (AvgIpc) is 2.64. The first-order valence-corrected chi connectivity index (χ1v) is 6.31. The van der Waals surface area contributed by atoms with Crippen molar-refractivity contribution in [3.63, 3.8) is 0 Å². The molecule has 4 nitrogen and oxygen atoms in total. The summed E-state index contributed by atoms with van der Waals surface area (Å²) in [4.78, 5) is 4.36. The van der Waals surface area contributed by atoms with Gasteiger partial charge >= 0.3 is 0 Å². The van der Waals surface area contributed by atoms with Crippen molar-refractivity contribution in [3.05, 3.63) is 53.5 Å². The van der Waals surface area contributed by atoms with Gasteiger partial charge in [0, 0.05) is 13.1 Å². The molecule has 0 aliphatic heterocycles. The molecule has 0 fully saturated rings. The maximum Gasteiger partial charge on any atom is 0.292 e. The molecule has 4 heteroatoms. The van der Waals surface area contributed by atoms with Gasteiger partial charge < -0.3 is 0 Å². The van der Waals surface area contributed by atoms with Gasteiger partial charge in [0.15, 0.2) is 0 Å². The van der Waals surface area contributed by atoms with Crippen molar-refractivity contribution in [1.82, 2.24) is 9.66 Å². The van der Waals surface area contributed by atoms with E-state index >= 15 is 0 Å². The highest BCUT2D eigenvalue weighted by Gasteiger charge is 2.24. The highest BCUT2D eigenvalue weighted by molar-refractivity contribution is 5.68. The van der Waals surface area contributed by atoms with Gasteiger partial charge in [-0.1, -0.05) is 18.2 Å². The monoisotopic (exact) mass is 253 g/mol. The standard InChI is InChI=1S/C15H17N4/c1-10-6-4-7-11(2)14(10)18-12(3)19(16)15-13(18)8-5-9-17-15/h4-9H,16H2,1-3H3/q+1. The van der Waals surface area contributed by atoms with Crippen molar-refractivity contribution in [2.24, 2.45) is 0 Å². The molecule has 19 heavy (non-hydrogen) atoms. The van der Waals surface area contributed by atoms with E-state index in [2.05, 4.69) is 41.6 Å². The zero-order valence-corrected chi connectivity index (χ0v) is 11.4. The maximum absolute atomic E-state index is 6.11. The first-order chi connectivity index (χ1) is 9.11. The number of aryl methyl sites for hydroxylation is 2. The molecule has 0 spiro atoms. The van der Waals surface area contributed by atoms with E-state index in [1.54, 1.807) is 10.9 Å². The van der Waals surface area contributed by atoms with Crippen LogP contribution in [0.2, 0.25) is 0 Å². The number of nitrogen functional groups attached to an aromatic ring is 1. The molecule has 0 saturated heterocycles. The molecule has 0 aliphatic carbocycles. The molecule has 1 aromatic carbocycles. The summed E-state index contributed by atoms with van der Waals surface area (Å²) >= 11 is 0. The van der Waals surface area contributed by atoms with Crippen LogP contribution in [0.15, 0.2) is 36.5 Å². The predicted molar refractivity (Wildman–Crippen MR) is 75.6 cm³/mol. The first-order valence-electron chi connectivity index (χ1n) is 6.31. The van der Waals surface area contributed by atoms with Crippen molar-refractivity contribution in [1.29, 1.82) is 0 Å². The minimum absolute atomic E-state index is 0.794. The minimum Gasteiger partial charge on any atom is -0.267 e. The average molecular weight is 253 g/mol. The maximum atomic E-state index is 6.11. The van der Waals surface area contributed by atoms with E-state index in [0.717, 1.165) is 17.0 Å². The summed E-state index contributed by atoms with van der Waals surface area (Å²) in [7, 11) is 0. The van der Waals surface area contributed by atoms with Gasteiger partial charge in [0.25, 0.3) is 11.5 Å². The summed E-state index contributed by atoms with van der Waals surface area (Å²) in [6.45, 7) is 6.24. The number of nitrogens with two attached hydrogens (primary N) is 1. The van der Waals surface area contributed by atoms with Crippen LogP contribution >= 0.6 is 0 Å². The normalized spacial score (nSPS) is 11.1. The number of pyridine rings is 1. The van der Waals surface area contributed by atoms with E-state index in [1.807, 2.05) is 19.1 Å². The lowest BCUT2D eigenvalue weighted by Crippen LogP contribution is -2.36. The molecule has 0 saturated carbocycles. The van der Waals surface area contributed by atoms with Gasteiger partial charge in [-0.3, -0.25) is 5.84 Å². The van der Waals surface area contributed by atoms with Gasteiger partial charge in [-0.15, -0.1) is 4.68 Å². The van der Waals surface area contributed by atoms with Crippen molar-refractivity contribution < 1.29 is 4.57 Å². The number of hydrogen-bond donors (Lipinski definition) is 1. The van der Waals surface area contributed by atoms with E-state index in [4.69, 9.17) is 5.84 Å². The van der Waals surface area contributed by atoms with Gasteiger partial charge in [0.2, 0.25) is 5.52 Å². The fourth-order valence-corrected chi connectivity index (χ4v) is 2.62. The van der Waals surface area contributed by atoms with Gasteiger partial charge in [-0.2, -0.15) is 4.57 Å². The molecule has 0 atom stereocenters. The third-order valence-electron chi connectivity index (χ3n) is 3.57. The third kappa shape index (κ3) is 1.60. The summed E-state index contributed by atoms with van der Waals surface area (Å²) in [6.07, 6.45) is 1.76. The van der Waals surface area contributed by atoms with E-state index in [9.17, 15) is 0 Å². The summed E-state index contributed by atoms with van der Waals surface area (Å²) in [5, 5.41) is 0. The quantitative estimate of drug-likeness (QED) is 0.532. The number of benzene rings is 1. The second-order valence-corrected chi connectivity index (χ2v) is 4.84. The Morgan fingerprint density at radius 2 is 1.74 bits per heavy atom. The van der Waals surface area contributed by atoms with Crippen molar-refractivity contribution >= 4 is 11.2 Å². The molecule has 0 radical (unpaired) electrons. The van der Waals surface area contributed by atoms with Gasteiger partial charge in [0.05, 0.1) is 0 Å². The van der Waals surface area contributed by atoms with E-state index in [1.165, 1.54) is 16.8 Å². The Labute approximate surface area is 112 Å². The Bertz CT molecular complexity index is 751. The zero-order chi connectivity index (χ0) is 13.6. The van der Waals surface area contributed by atoms with Crippen molar-refractivity contribution in [2.75, 3.05) is 5.84 Å². The largest absolute Gasteiger partial charge is 0.292 e. The third-order valence-corrected chi connectivity index (χ3v) is 3.57. The Hall–Kier alpha value is -2.36. The van der Waals surface area contributed by atoms with Crippen LogP contribution in [0.1, 0.15) is 17.0 Å². The smallest absolute Gasteiger partial charge is 0.267 e. The van der Waals surface area contributed by atoms with Crippen LogP contribution in [0.4, 0.5) is 0 Å². The van der Waals surface area contributed by atoms with Crippen molar-refractivity contribution in [3.8, 4) is 5.69 Å². The lowest BCUT2D eigenvalue weighted by Gasteiger charge is -2.07. The van der Waals surface area contributed by atoms with Gasteiger partial charge in [-0.05, 0) is 37.1 Å². The Morgan fingerprint density at radius 1 is 1.05 bits per heavy atom. The van der Waals surface area contributed by atoms with E-state index in [-0.39, 0.29) is 0 Å². The van der Waals surface area contributed by atoms with Gasteiger partial charge in [0.1, 0.15) is 5.69 Å². The van der Waals surface area contributed by atoms with Crippen LogP contribution < -0.4 is 10.4 Å².